The Balaban J connectivity index is 1.30. The van der Waals surface area contributed by atoms with Gasteiger partial charge in [0.1, 0.15) is 18.8 Å². The van der Waals surface area contributed by atoms with Gasteiger partial charge in [0, 0.05) is 32.4 Å². The second-order valence-corrected chi connectivity index (χ2v) is 8.65. The Bertz CT molecular complexity index is 1080. The summed E-state index contributed by atoms with van der Waals surface area (Å²) in [6.45, 7) is -0.888. The highest BCUT2D eigenvalue weighted by Gasteiger charge is 2.51. The molecule has 2 aromatic rings. The molecular formula is C25H26F2N2O6. The normalized spacial score (nSPS) is 19.1. The van der Waals surface area contributed by atoms with E-state index in [0.717, 1.165) is 22.3 Å². The van der Waals surface area contributed by atoms with Crippen LogP contribution in [0.25, 0.3) is 11.1 Å². The summed E-state index contributed by atoms with van der Waals surface area (Å²) in [4.78, 5) is 36.9. The Morgan fingerprint density at radius 1 is 1.11 bits per heavy atom. The quantitative estimate of drug-likeness (QED) is 0.591. The first-order chi connectivity index (χ1) is 16.7. The van der Waals surface area contributed by atoms with E-state index in [2.05, 4.69) is 5.32 Å². The number of benzene rings is 2. The number of halogens is 2. The highest BCUT2D eigenvalue weighted by molar-refractivity contribution is 5.87. The molecule has 1 unspecified atom stereocenters. The van der Waals surface area contributed by atoms with Gasteiger partial charge in [-0.25, -0.2) is 18.4 Å². The fourth-order valence-corrected chi connectivity index (χ4v) is 4.75. The van der Waals surface area contributed by atoms with E-state index in [-0.39, 0.29) is 25.5 Å². The summed E-state index contributed by atoms with van der Waals surface area (Å²) in [5.74, 6) is -5.74. The number of carbonyl (C=O) groups excluding carboxylic acids is 2. The molecule has 1 fully saturated rings. The largest absolute Gasteiger partial charge is 0.480 e. The number of aliphatic carboxylic acids is 1. The summed E-state index contributed by atoms with van der Waals surface area (Å²) in [6.07, 6.45) is -2.85. The molecule has 2 aliphatic rings. The molecule has 1 saturated heterocycles. The van der Waals surface area contributed by atoms with E-state index in [0.29, 0.717) is 4.90 Å². The number of fused-ring (bicyclic) bond motifs is 3. The first-order valence-electron chi connectivity index (χ1n) is 11.2. The molecule has 0 aromatic heterocycles. The zero-order chi connectivity index (χ0) is 25.2. The van der Waals surface area contributed by atoms with Gasteiger partial charge in [-0.2, -0.15) is 0 Å². The van der Waals surface area contributed by atoms with Crippen LogP contribution in [0.4, 0.5) is 13.6 Å². The van der Waals surface area contributed by atoms with E-state index in [9.17, 15) is 28.3 Å². The first-order valence-corrected chi connectivity index (χ1v) is 11.2. The summed E-state index contributed by atoms with van der Waals surface area (Å²) < 4.78 is 38.0. The van der Waals surface area contributed by atoms with Gasteiger partial charge in [0.05, 0.1) is 6.54 Å². The zero-order valence-electron chi connectivity index (χ0n) is 19.1. The maximum atomic E-state index is 13.7. The first kappa shape index (κ1) is 24.6. The van der Waals surface area contributed by atoms with E-state index in [1.54, 1.807) is 0 Å². The van der Waals surface area contributed by atoms with Crippen molar-refractivity contribution < 1.29 is 37.7 Å². The topological polar surface area (TPSA) is 105 Å². The lowest BCUT2D eigenvalue weighted by Gasteiger charge is -2.25. The number of alkyl halides is 2. The van der Waals surface area contributed by atoms with Crippen molar-refractivity contribution in [1.29, 1.82) is 0 Å². The zero-order valence-corrected chi connectivity index (χ0v) is 19.1. The van der Waals surface area contributed by atoms with Crippen molar-refractivity contribution in [2.75, 3.05) is 26.8 Å². The Kier molecular flexibility index (Phi) is 7.02. The van der Waals surface area contributed by atoms with Crippen molar-refractivity contribution in [3.8, 4) is 11.1 Å². The summed E-state index contributed by atoms with van der Waals surface area (Å²) >= 11 is 0. The lowest BCUT2D eigenvalue weighted by Crippen LogP contribution is -2.47. The summed E-state index contributed by atoms with van der Waals surface area (Å²) in [5, 5.41) is 11.7. The van der Waals surface area contributed by atoms with E-state index in [4.69, 9.17) is 9.47 Å². The second-order valence-electron chi connectivity index (χ2n) is 8.65. The number of hydrogen-bond donors (Lipinski definition) is 2. The lowest BCUT2D eigenvalue weighted by atomic mass is 9.98. The molecule has 2 aromatic carbocycles. The number of alkyl carbamates (subject to hydrolysis) is 1. The molecule has 1 aliphatic carbocycles. The Morgan fingerprint density at radius 2 is 1.71 bits per heavy atom. The van der Waals surface area contributed by atoms with Gasteiger partial charge in [-0.3, -0.25) is 4.79 Å². The summed E-state index contributed by atoms with van der Waals surface area (Å²) in [6, 6.07) is 14.2. The summed E-state index contributed by atoms with van der Waals surface area (Å²) in [5.41, 5.74) is 4.35. The minimum Gasteiger partial charge on any atom is -0.480 e. The van der Waals surface area contributed by atoms with Gasteiger partial charge in [0.25, 0.3) is 11.8 Å². The highest BCUT2D eigenvalue weighted by Crippen LogP contribution is 2.44. The molecule has 0 spiro atoms. The van der Waals surface area contributed by atoms with Crippen molar-refractivity contribution in [1.82, 2.24) is 10.2 Å². The molecule has 10 heteroatoms. The highest BCUT2D eigenvalue weighted by atomic mass is 19.3. The Morgan fingerprint density at radius 3 is 2.29 bits per heavy atom. The van der Waals surface area contributed by atoms with Crippen LogP contribution in [0.5, 0.6) is 0 Å². The maximum absolute atomic E-state index is 13.7. The van der Waals surface area contributed by atoms with E-state index < -0.39 is 49.0 Å². The molecule has 1 heterocycles. The minimum absolute atomic E-state index is 0.0249. The SMILES string of the molecule is COC(CCNC(=O)OCC1c2ccccc2-c2ccccc21)C(=O)N1CC(F)(F)C[C@H]1C(=O)O. The van der Waals surface area contributed by atoms with E-state index in [1.165, 1.54) is 7.11 Å². The molecule has 0 bridgehead atoms. The van der Waals surface area contributed by atoms with Crippen LogP contribution >= 0.6 is 0 Å². The van der Waals surface area contributed by atoms with Gasteiger partial charge >= 0.3 is 12.1 Å². The minimum atomic E-state index is -3.28. The molecule has 0 saturated carbocycles. The number of ether oxygens (including phenoxy) is 2. The predicted molar refractivity (Wildman–Crippen MR) is 121 cm³/mol. The van der Waals surface area contributed by atoms with Gasteiger partial charge < -0.3 is 24.8 Å². The van der Waals surface area contributed by atoms with Crippen LogP contribution < -0.4 is 5.32 Å². The van der Waals surface area contributed by atoms with Crippen LogP contribution in [0.3, 0.4) is 0 Å². The maximum Gasteiger partial charge on any atom is 0.407 e. The third kappa shape index (κ3) is 5.12. The third-order valence-corrected chi connectivity index (χ3v) is 6.42. The van der Waals surface area contributed by atoms with Crippen molar-refractivity contribution in [3.63, 3.8) is 0 Å². The van der Waals surface area contributed by atoms with Gasteiger partial charge in [-0.1, -0.05) is 48.5 Å². The molecule has 2 amide bonds. The van der Waals surface area contributed by atoms with Crippen LogP contribution in [0.1, 0.15) is 29.9 Å². The molecular weight excluding hydrogens is 462 g/mol. The molecule has 186 valence electrons. The Labute approximate surface area is 200 Å². The molecule has 2 atom stereocenters. The molecule has 4 rings (SSSR count). The standard InChI is InChI=1S/C25H26F2N2O6/c1-34-21(22(30)29-14-25(26,27)12-20(29)23(31)32)10-11-28-24(33)35-13-19-17-8-4-2-6-15(17)16-7-3-5-9-18(16)19/h2-9,19-21H,10-14H2,1H3,(H,28,33)(H,31,32)/t20-,21?/m0/s1. The number of likely N-dealkylation sites (tertiary alicyclic amines) is 1. The number of methoxy groups -OCH3 is 1. The van der Waals surface area contributed by atoms with Crippen molar-refractivity contribution in [2.45, 2.75) is 36.8 Å². The molecule has 2 N–H and O–H groups in total. The lowest BCUT2D eigenvalue weighted by molar-refractivity contribution is -0.153. The number of carboxylic acids is 1. The fourth-order valence-electron chi connectivity index (χ4n) is 4.75. The van der Waals surface area contributed by atoms with Crippen LogP contribution in [0.2, 0.25) is 0 Å². The molecule has 35 heavy (non-hydrogen) atoms. The van der Waals surface area contributed by atoms with Gasteiger partial charge in [0.15, 0.2) is 0 Å². The van der Waals surface area contributed by atoms with Crippen molar-refractivity contribution in [3.05, 3.63) is 59.7 Å². The van der Waals surface area contributed by atoms with E-state index in [1.807, 2.05) is 48.5 Å². The number of nitrogens with zero attached hydrogens (tertiary/aromatic N) is 1. The number of carboxylic acid groups (broad SMARTS) is 1. The van der Waals surface area contributed by atoms with Crippen molar-refractivity contribution in [2.24, 2.45) is 0 Å². The number of rotatable bonds is 8. The van der Waals surface area contributed by atoms with Crippen LogP contribution in [0, 0.1) is 0 Å². The molecule has 1 aliphatic heterocycles. The smallest absolute Gasteiger partial charge is 0.407 e. The Hall–Kier alpha value is -3.53. The summed E-state index contributed by atoms with van der Waals surface area (Å²) in [7, 11) is 1.22. The van der Waals surface area contributed by atoms with Crippen LogP contribution in [-0.2, 0) is 19.1 Å². The molecule has 0 radical (unpaired) electrons. The average Bonchev–Trinajstić information content (AvgIpc) is 3.34. The fraction of sp³-hybridized carbons (Fsp3) is 0.400. The number of nitrogens with one attached hydrogen (secondary N) is 1. The molecule has 8 nitrogen and oxygen atoms in total. The van der Waals surface area contributed by atoms with Crippen LogP contribution in [-0.4, -0.2) is 72.9 Å². The van der Waals surface area contributed by atoms with Gasteiger partial charge in [-0.05, 0) is 22.3 Å². The number of carbonyl (C=O) groups is 3. The monoisotopic (exact) mass is 488 g/mol. The van der Waals surface area contributed by atoms with Gasteiger partial charge in [-0.15, -0.1) is 0 Å². The van der Waals surface area contributed by atoms with E-state index >= 15 is 0 Å². The number of amides is 2. The average molecular weight is 488 g/mol. The van der Waals surface area contributed by atoms with Crippen LogP contribution in [0.15, 0.2) is 48.5 Å². The third-order valence-electron chi connectivity index (χ3n) is 6.42. The second kappa shape index (κ2) is 9.99. The van der Waals surface area contributed by atoms with Crippen molar-refractivity contribution >= 4 is 18.0 Å². The predicted octanol–water partition coefficient (Wildman–Crippen LogP) is 3.25. The number of hydrogen-bond acceptors (Lipinski definition) is 5. The van der Waals surface area contributed by atoms with Gasteiger partial charge in [0.2, 0.25) is 0 Å².